The first-order valence-corrected chi connectivity index (χ1v) is 5.05. The molecule has 1 rings (SSSR count). The standard InChI is InChI=1S/C9H13N3.C2H6/c1-4-8-5-11-12(6-8)9(2,3)7-10;1-2/h5-6H,4H2,1-3H3;1-2H3. The highest BCUT2D eigenvalue weighted by Gasteiger charge is 2.19. The van der Waals surface area contributed by atoms with Crippen molar-refractivity contribution in [3.8, 4) is 6.07 Å². The molecule has 0 aliphatic heterocycles. The van der Waals surface area contributed by atoms with Gasteiger partial charge in [0, 0.05) is 6.20 Å². The molecule has 0 spiro atoms. The third-order valence-corrected chi connectivity index (χ3v) is 1.89. The monoisotopic (exact) mass is 193 g/mol. The summed E-state index contributed by atoms with van der Waals surface area (Å²) in [4.78, 5) is 0. The Labute approximate surface area is 86.4 Å². The van der Waals surface area contributed by atoms with Crippen molar-refractivity contribution < 1.29 is 0 Å². The van der Waals surface area contributed by atoms with Gasteiger partial charge in [-0.2, -0.15) is 10.4 Å². The van der Waals surface area contributed by atoms with E-state index >= 15 is 0 Å². The SMILES string of the molecule is CC.CCc1cnn(C(C)(C)C#N)c1. The Hall–Kier alpha value is -1.30. The summed E-state index contributed by atoms with van der Waals surface area (Å²) in [7, 11) is 0. The summed E-state index contributed by atoms with van der Waals surface area (Å²) >= 11 is 0. The van der Waals surface area contributed by atoms with Crippen molar-refractivity contribution in [1.82, 2.24) is 9.78 Å². The average molecular weight is 193 g/mol. The van der Waals surface area contributed by atoms with E-state index in [1.807, 2.05) is 33.9 Å². The molecule has 3 heteroatoms. The Bertz CT molecular complexity index is 305. The number of nitriles is 1. The van der Waals surface area contributed by atoms with Crippen LogP contribution < -0.4 is 0 Å². The van der Waals surface area contributed by atoms with Gasteiger partial charge in [-0.1, -0.05) is 20.8 Å². The average Bonchev–Trinajstić information content (AvgIpc) is 2.70. The van der Waals surface area contributed by atoms with Crippen LogP contribution in [0.1, 0.15) is 40.2 Å². The molecular weight excluding hydrogens is 174 g/mol. The highest BCUT2D eigenvalue weighted by atomic mass is 15.3. The number of nitrogens with zero attached hydrogens (tertiary/aromatic N) is 3. The van der Waals surface area contributed by atoms with Gasteiger partial charge in [0.2, 0.25) is 0 Å². The quantitative estimate of drug-likeness (QED) is 0.724. The fraction of sp³-hybridized carbons (Fsp3) is 0.636. The van der Waals surface area contributed by atoms with Gasteiger partial charge >= 0.3 is 0 Å². The first kappa shape index (κ1) is 12.7. The molecule has 0 N–H and O–H groups in total. The van der Waals surface area contributed by atoms with E-state index in [2.05, 4.69) is 18.1 Å². The van der Waals surface area contributed by atoms with Crippen LogP contribution in [-0.2, 0) is 12.0 Å². The molecule has 0 amide bonds. The van der Waals surface area contributed by atoms with E-state index in [0.29, 0.717) is 0 Å². The molecule has 1 aromatic rings. The second kappa shape index (κ2) is 5.43. The smallest absolute Gasteiger partial charge is 0.143 e. The zero-order valence-electron chi connectivity index (χ0n) is 9.70. The summed E-state index contributed by atoms with van der Waals surface area (Å²) in [6.07, 6.45) is 4.68. The Morgan fingerprint density at radius 2 is 2.07 bits per heavy atom. The molecular formula is C11H19N3. The molecule has 1 heterocycles. The number of rotatable bonds is 2. The van der Waals surface area contributed by atoms with Crippen molar-refractivity contribution in [2.75, 3.05) is 0 Å². The number of hydrogen-bond donors (Lipinski definition) is 0. The summed E-state index contributed by atoms with van der Waals surface area (Å²) in [5.41, 5.74) is 0.631. The van der Waals surface area contributed by atoms with Gasteiger partial charge in [-0.25, -0.2) is 0 Å². The zero-order chi connectivity index (χ0) is 11.2. The van der Waals surface area contributed by atoms with E-state index in [-0.39, 0.29) is 0 Å². The number of hydrogen-bond acceptors (Lipinski definition) is 2. The van der Waals surface area contributed by atoms with Gasteiger partial charge in [-0.15, -0.1) is 0 Å². The Balaban J connectivity index is 0.000000791. The van der Waals surface area contributed by atoms with Crippen LogP contribution in [0.5, 0.6) is 0 Å². The van der Waals surface area contributed by atoms with Crippen LogP contribution in [0.25, 0.3) is 0 Å². The molecule has 0 aliphatic carbocycles. The summed E-state index contributed by atoms with van der Waals surface area (Å²) in [6.45, 7) is 9.76. The Morgan fingerprint density at radius 3 is 2.43 bits per heavy atom. The largest absolute Gasteiger partial charge is 0.253 e. The second-order valence-corrected chi connectivity index (χ2v) is 3.32. The van der Waals surface area contributed by atoms with Crippen molar-refractivity contribution in [2.45, 2.75) is 46.6 Å². The maximum atomic E-state index is 8.82. The van der Waals surface area contributed by atoms with Gasteiger partial charge in [0.25, 0.3) is 0 Å². The van der Waals surface area contributed by atoms with Crippen molar-refractivity contribution in [2.24, 2.45) is 0 Å². The minimum atomic E-state index is -0.534. The minimum Gasteiger partial charge on any atom is -0.253 e. The predicted octanol–water partition coefficient (Wildman–Crippen LogP) is 2.73. The van der Waals surface area contributed by atoms with E-state index < -0.39 is 5.54 Å². The van der Waals surface area contributed by atoms with Gasteiger partial charge in [-0.05, 0) is 25.8 Å². The molecule has 0 saturated carbocycles. The maximum absolute atomic E-state index is 8.82. The molecule has 0 saturated heterocycles. The molecule has 1 aromatic heterocycles. The molecule has 0 fully saturated rings. The molecule has 0 bridgehead atoms. The highest BCUT2D eigenvalue weighted by Crippen LogP contribution is 2.13. The molecule has 14 heavy (non-hydrogen) atoms. The Kier molecular flexibility index (Phi) is 4.93. The molecule has 78 valence electrons. The van der Waals surface area contributed by atoms with E-state index in [1.165, 1.54) is 5.56 Å². The van der Waals surface area contributed by atoms with Crippen molar-refractivity contribution >= 4 is 0 Å². The molecule has 3 nitrogen and oxygen atoms in total. The molecule has 0 atom stereocenters. The predicted molar refractivity (Wildman–Crippen MR) is 57.9 cm³/mol. The Morgan fingerprint density at radius 1 is 1.50 bits per heavy atom. The number of aromatic nitrogens is 2. The maximum Gasteiger partial charge on any atom is 0.143 e. The van der Waals surface area contributed by atoms with Crippen LogP contribution in [0.4, 0.5) is 0 Å². The van der Waals surface area contributed by atoms with Crippen LogP contribution in [0.3, 0.4) is 0 Å². The topological polar surface area (TPSA) is 41.6 Å². The minimum absolute atomic E-state index is 0.534. The van der Waals surface area contributed by atoms with Crippen LogP contribution in [-0.4, -0.2) is 9.78 Å². The van der Waals surface area contributed by atoms with Gasteiger partial charge in [0.15, 0.2) is 0 Å². The number of aryl methyl sites for hydroxylation is 1. The van der Waals surface area contributed by atoms with Crippen LogP contribution >= 0.6 is 0 Å². The fourth-order valence-electron chi connectivity index (χ4n) is 0.900. The third kappa shape index (κ3) is 2.88. The summed E-state index contributed by atoms with van der Waals surface area (Å²) in [5.74, 6) is 0. The lowest BCUT2D eigenvalue weighted by molar-refractivity contribution is 0.418. The zero-order valence-corrected chi connectivity index (χ0v) is 9.70. The third-order valence-electron chi connectivity index (χ3n) is 1.89. The summed E-state index contributed by atoms with van der Waals surface area (Å²) in [5, 5.41) is 12.9. The second-order valence-electron chi connectivity index (χ2n) is 3.32. The first-order valence-electron chi connectivity index (χ1n) is 5.05. The summed E-state index contributed by atoms with van der Waals surface area (Å²) < 4.78 is 1.70. The van der Waals surface area contributed by atoms with Crippen molar-refractivity contribution in [3.63, 3.8) is 0 Å². The first-order chi connectivity index (χ1) is 6.60. The molecule has 0 aromatic carbocycles. The highest BCUT2D eigenvalue weighted by molar-refractivity contribution is 5.08. The lowest BCUT2D eigenvalue weighted by atomic mass is 10.1. The lowest BCUT2D eigenvalue weighted by Crippen LogP contribution is -2.24. The molecule has 0 unspecified atom stereocenters. The van der Waals surface area contributed by atoms with Crippen molar-refractivity contribution in [3.05, 3.63) is 18.0 Å². The molecule has 0 radical (unpaired) electrons. The van der Waals surface area contributed by atoms with Crippen molar-refractivity contribution in [1.29, 1.82) is 5.26 Å². The normalized spacial score (nSPS) is 10.0. The van der Waals surface area contributed by atoms with E-state index in [0.717, 1.165) is 6.42 Å². The van der Waals surface area contributed by atoms with Gasteiger partial charge in [0.05, 0.1) is 12.3 Å². The van der Waals surface area contributed by atoms with Crippen LogP contribution in [0.2, 0.25) is 0 Å². The van der Waals surface area contributed by atoms with Crippen LogP contribution in [0, 0.1) is 11.3 Å². The summed E-state index contributed by atoms with van der Waals surface area (Å²) in [6, 6.07) is 2.20. The van der Waals surface area contributed by atoms with Gasteiger partial charge in [-0.3, -0.25) is 4.68 Å². The van der Waals surface area contributed by atoms with Crippen LogP contribution in [0.15, 0.2) is 12.4 Å². The van der Waals surface area contributed by atoms with Gasteiger partial charge < -0.3 is 0 Å². The van der Waals surface area contributed by atoms with Gasteiger partial charge in [0.1, 0.15) is 5.54 Å². The fourth-order valence-corrected chi connectivity index (χ4v) is 0.900. The lowest BCUT2D eigenvalue weighted by Gasteiger charge is -2.15. The van der Waals surface area contributed by atoms with E-state index in [9.17, 15) is 0 Å². The van der Waals surface area contributed by atoms with E-state index in [4.69, 9.17) is 5.26 Å². The molecule has 0 aliphatic rings. The van der Waals surface area contributed by atoms with E-state index in [1.54, 1.807) is 10.9 Å².